The van der Waals surface area contributed by atoms with Crippen LogP contribution in [0.1, 0.15) is 35.7 Å². The summed E-state index contributed by atoms with van der Waals surface area (Å²) in [4.78, 5) is 27.0. The zero-order valence-corrected chi connectivity index (χ0v) is 20.3. The van der Waals surface area contributed by atoms with Crippen molar-refractivity contribution < 1.29 is 14.0 Å². The van der Waals surface area contributed by atoms with E-state index in [2.05, 4.69) is 17.6 Å². The third-order valence-corrected chi connectivity index (χ3v) is 5.95. The second kappa shape index (κ2) is 12.4. The molecule has 178 valence electrons. The third-order valence-electron chi connectivity index (χ3n) is 5.21. The van der Waals surface area contributed by atoms with E-state index in [0.29, 0.717) is 27.0 Å². The number of carbonyl (C=O) groups excluding carboxylic acids is 2. The number of nitrogens with zero attached hydrogens (tertiary/aromatic N) is 1. The van der Waals surface area contributed by atoms with Crippen molar-refractivity contribution in [2.24, 2.45) is 0 Å². The van der Waals surface area contributed by atoms with Gasteiger partial charge in [0.2, 0.25) is 0 Å². The Morgan fingerprint density at radius 2 is 1.65 bits per heavy atom. The predicted molar refractivity (Wildman–Crippen MR) is 137 cm³/mol. The number of anilines is 2. The van der Waals surface area contributed by atoms with Gasteiger partial charge in [-0.2, -0.15) is 0 Å². The van der Waals surface area contributed by atoms with Gasteiger partial charge in [-0.15, -0.1) is 0 Å². The van der Waals surface area contributed by atoms with E-state index in [1.165, 1.54) is 40.8 Å². The monoisotopic (exact) mass is 501 g/mol. The number of halogens is 3. The molecule has 0 radical (unpaired) electrons. The van der Waals surface area contributed by atoms with E-state index in [-0.39, 0.29) is 19.0 Å². The van der Waals surface area contributed by atoms with Gasteiger partial charge in [0.15, 0.2) is 0 Å². The number of amides is 3. The van der Waals surface area contributed by atoms with Gasteiger partial charge < -0.3 is 10.6 Å². The lowest BCUT2D eigenvalue weighted by Gasteiger charge is -2.23. The number of urea groups is 1. The van der Waals surface area contributed by atoms with Crippen LogP contribution in [0, 0.1) is 5.82 Å². The quantitative estimate of drug-likeness (QED) is 0.333. The molecule has 3 amide bonds. The number of nitrogens with one attached hydrogen (secondary N) is 2. The highest BCUT2D eigenvalue weighted by atomic mass is 35.5. The van der Waals surface area contributed by atoms with Crippen molar-refractivity contribution in [1.82, 2.24) is 5.32 Å². The van der Waals surface area contributed by atoms with Gasteiger partial charge in [0.25, 0.3) is 5.91 Å². The molecule has 0 saturated heterocycles. The summed E-state index contributed by atoms with van der Waals surface area (Å²) in [6.07, 6.45) is 3.21. The largest absolute Gasteiger partial charge is 0.350 e. The van der Waals surface area contributed by atoms with Crippen LogP contribution in [0.5, 0.6) is 0 Å². The molecule has 3 aromatic rings. The molecule has 34 heavy (non-hydrogen) atoms. The average Bonchev–Trinajstić information content (AvgIpc) is 2.83. The number of carbonyl (C=O) groups is 2. The molecule has 0 aliphatic rings. The first kappa shape index (κ1) is 25.5. The first-order valence-electron chi connectivity index (χ1n) is 11.0. The van der Waals surface area contributed by atoms with E-state index in [0.717, 1.165) is 19.3 Å². The molecule has 5 nitrogen and oxygen atoms in total. The van der Waals surface area contributed by atoms with Gasteiger partial charge in [0.05, 0.1) is 10.0 Å². The molecule has 0 bridgehead atoms. The van der Waals surface area contributed by atoms with Crippen LogP contribution in [0.25, 0.3) is 0 Å². The Labute approximate surface area is 208 Å². The number of hydrogen-bond donors (Lipinski definition) is 2. The van der Waals surface area contributed by atoms with Gasteiger partial charge in [0, 0.05) is 30.0 Å². The van der Waals surface area contributed by atoms with Crippen molar-refractivity contribution in [3.8, 4) is 0 Å². The second-order valence-electron chi connectivity index (χ2n) is 7.74. The van der Waals surface area contributed by atoms with Crippen LogP contribution in [-0.4, -0.2) is 25.0 Å². The fourth-order valence-electron chi connectivity index (χ4n) is 3.32. The summed E-state index contributed by atoms with van der Waals surface area (Å²) in [5.41, 5.74) is 2.68. The second-order valence-corrected chi connectivity index (χ2v) is 8.56. The van der Waals surface area contributed by atoms with Gasteiger partial charge in [-0.3, -0.25) is 9.69 Å². The molecule has 3 aromatic carbocycles. The zero-order chi connectivity index (χ0) is 24.5. The first-order chi connectivity index (χ1) is 16.4. The number of aryl methyl sites for hydroxylation is 1. The van der Waals surface area contributed by atoms with Crippen molar-refractivity contribution in [1.29, 1.82) is 0 Å². The van der Waals surface area contributed by atoms with Crippen molar-refractivity contribution in [2.75, 3.05) is 23.3 Å². The number of unbranched alkanes of at least 4 members (excludes halogenated alkanes) is 1. The minimum Gasteiger partial charge on any atom is -0.350 e. The van der Waals surface area contributed by atoms with Gasteiger partial charge in [-0.25, -0.2) is 9.18 Å². The fourth-order valence-corrected chi connectivity index (χ4v) is 3.62. The molecule has 2 N–H and O–H groups in total. The first-order valence-corrected chi connectivity index (χ1v) is 11.8. The maximum Gasteiger partial charge on any atom is 0.326 e. The third kappa shape index (κ3) is 7.20. The standard InChI is InChI=1S/C26H26Cl2FN3O2/c1-2-3-4-18-5-7-19(8-6-18)25(33)30-15-16-32(22-12-9-20(29)10-13-22)26(34)31-21-11-14-23(27)24(28)17-21/h5-14,17H,2-4,15-16H2,1H3,(H,30,33)(H,31,34). The molecule has 0 heterocycles. The van der Waals surface area contributed by atoms with E-state index in [1.807, 2.05) is 12.1 Å². The van der Waals surface area contributed by atoms with Crippen LogP contribution in [0.15, 0.2) is 66.7 Å². The van der Waals surface area contributed by atoms with Crippen molar-refractivity contribution in [3.63, 3.8) is 0 Å². The Balaban J connectivity index is 1.65. The highest BCUT2D eigenvalue weighted by Gasteiger charge is 2.17. The SMILES string of the molecule is CCCCc1ccc(C(=O)NCCN(C(=O)Nc2ccc(Cl)c(Cl)c2)c2ccc(F)cc2)cc1. The normalized spacial score (nSPS) is 10.6. The molecule has 3 rings (SSSR count). The topological polar surface area (TPSA) is 61.4 Å². The minimum atomic E-state index is -0.459. The molecule has 0 aliphatic heterocycles. The molecule has 0 aromatic heterocycles. The molecule has 0 atom stereocenters. The summed E-state index contributed by atoms with van der Waals surface area (Å²) < 4.78 is 13.4. The zero-order valence-electron chi connectivity index (χ0n) is 18.8. The summed E-state index contributed by atoms with van der Waals surface area (Å²) in [6, 6.07) is 17.3. The Hall–Kier alpha value is -3.09. The number of hydrogen-bond acceptors (Lipinski definition) is 2. The lowest BCUT2D eigenvalue weighted by molar-refractivity contribution is 0.0954. The van der Waals surface area contributed by atoms with Gasteiger partial charge in [0.1, 0.15) is 5.82 Å². The summed E-state index contributed by atoms with van der Waals surface area (Å²) in [5.74, 6) is -0.643. The van der Waals surface area contributed by atoms with Crippen LogP contribution in [0.4, 0.5) is 20.6 Å². The summed E-state index contributed by atoms with van der Waals surface area (Å²) in [6.45, 7) is 2.50. The summed E-state index contributed by atoms with van der Waals surface area (Å²) in [7, 11) is 0. The molecule has 0 fully saturated rings. The molecule has 8 heteroatoms. The van der Waals surface area contributed by atoms with Crippen molar-refractivity contribution >= 4 is 46.5 Å². The molecule has 0 unspecified atom stereocenters. The van der Waals surface area contributed by atoms with E-state index in [1.54, 1.807) is 24.3 Å². The average molecular weight is 502 g/mol. The lowest BCUT2D eigenvalue weighted by atomic mass is 10.1. The van der Waals surface area contributed by atoms with Crippen LogP contribution in [-0.2, 0) is 6.42 Å². The Morgan fingerprint density at radius 1 is 0.941 bits per heavy atom. The maximum atomic E-state index is 13.4. The molecule has 0 spiro atoms. The van der Waals surface area contributed by atoms with Gasteiger partial charge in [-0.1, -0.05) is 48.7 Å². The maximum absolute atomic E-state index is 13.4. The molecular weight excluding hydrogens is 476 g/mol. The van der Waals surface area contributed by atoms with E-state index in [4.69, 9.17) is 23.2 Å². The van der Waals surface area contributed by atoms with E-state index >= 15 is 0 Å². The van der Waals surface area contributed by atoms with E-state index in [9.17, 15) is 14.0 Å². The van der Waals surface area contributed by atoms with Gasteiger partial charge in [-0.05, 0) is 73.0 Å². The summed E-state index contributed by atoms with van der Waals surface area (Å²) >= 11 is 12.0. The summed E-state index contributed by atoms with van der Waals surface area (Å²) in [5, 5.41) is 6.27. The predicted octanol–water partition coefficient (Wildman–Crippen LogP) is 6.94. The Morgan fingerprint density at radius 3 is 2.29 bits per heavy atom. The molecular formula is C26H26Cl2FN3O2. The number of benzene rings is 3. The van der Waals surface area contributed by atoms with E-state index < -0.39 is 11.8 Å². The lowest BCUT2D eigenvalue weighted by Crippen LogP contribution is -2.41. The Bertz CT molecular complexity index is 1120. The highest BCUT2D eigenvalue weighted by Crippen LogP contribution is 2.25. The van der Waals surface area contributed by atoms with Gasteiger partial charge >= 0.3 is 6.03 Å². The van der Waals surface area contributed by atoms with Crippen LogP contribution < -0.4 is 15.5 Å². The highest BCUT2D eigenvalue weighted by molar-refractivity contribution is 6.42. The van der Waals surface area contributed by atoms with Crippen LogP contribution in [0.2, 0.25) is 10.0 Å². The molecule has 0 saturated carbocycles. The van der Waals surface area contributed by atoms with Crippen molar-refractivity contribution in [3.05, 3.63) is 93.7 Å². The molecule has 0 aliphatic carbocycles. The van der Waals surface area contributed by atoms with Crippen LogP contribution in [0.3, 0.4) is 0 Å². The number of rotatable bonds is 9. The van der Waals surface area contributed by atoms with Crippen molar-refractivity contribution in [2.45, 2.75) is 26.2 Å². The van der Waals surface area contributed by atoms with Crippen LogP contribution >= 0.6 is 23.2 Å². The fraction of sp³-hybridized carbons (Fsp3) is 0.231. The minimum absolute atomic E-state index is 0.166. The smallest absolute Gasteiger partial charge is 0.326 e. The Kier molecular flexibility index (Phi) is 9.31.